The molecule has 0 aliphatic heterocycles. The second-order valence-corrected chi connectivity index (χ2v) is 6.22. The summed E-state index contributed by atoms with van der Waals surface area (Å²) < 4.78 is 45.1. The number of hydrogen-bond donors (Lipinski definition) is 1. The summed E-state index contributed by atoms with van der Waals surface area (Å²) in [5.41, 5.74) is -1.34. The number of nitrogens with one attached hydrogen (secondary N) is 1. The second kappa shape index (κ2) is 7.83. The van der Waals surface area contributed by atoms with Crippen LogP contribution in [0.4, 0.5) is 18.9 Å². The predicted molar refractivity (Wildman–Crippen MR) is 104 cm³/mol. The number of alkyl halides is 3. The van der Waals surface area contributed by atoms with Crippen molar-refractivity contribution >= 4 is 22.4 Å². The Labute approximate surface area is 164 Å². The molecule has 0 saturated heterocycles. The van der Waals surface area contributed by atoms with Crippen LogP contribution < -0.4 is 15.6 Å². The van der Waals surface area contributed by atoms with E-state index in [0.717, 1.165) is 12.1 Å². The van der Waals surface area contributed by atoms with E-state index in [2.05, 4.69) is 11.9 Å². The fourth-order valence-electron chi connectivity index (χ4n) is 2.93. The summed E-state index contributed by atoms with van der Waals surface area (Å²) in [5, 5.41) is 3.28. The van der Waals surface area contributed by atoms with Crippen LogP contribution in [0.5, 0.6) is 5.75 Å². The molecule has 0 radical (unpaired) electrons. The van der Waals surface area contributed by atoms with Crippen molar-refractivity contribution in [2.45, 2.75) is 12.7 Å². The normalized spacial score (nSPS) is 11.3. The number of hydrogen-bond acceptors (Lipinski definition) is 3. The van der Waals surface area contributed by atoms with Crippen molar-refractivity contribution < 1.29 is 22.7 Å². The van der Waals surface area contributed by atoms with Crippen LogP contribution in [0.1, 0.15) is 16.1 Å². The molecule has 29 heavy (non-hydrogen) atoms. The van der Waals surface area contributed by atoms with E-state index in [0.29, 0.717) is 16.5 Å². The van der Waals surface area contributed by atoms with Crippen molar-refractivity contribution in [3.8, 4) is 5.75 Å². The van der Waals surface area contributed by atoms with E-state index in [-0.39, 0.29) is 17.9 Å². The Morgan fingerprint density at radius 3 is 2.62 bits per heavy atom. The summed E-state index contributed by atoms with van der Waals surface area (Å²) in [6, 6.07) is 10.6. The third-order valence-electron chi connectivity index (χ3n) is 4.31. The average molecular weight is 402 g/mol. The molecule has 1 aromatic heterocycles. The number of anilines is 1. The first-order valence-electron chi connectivity index (χ1n) is 8.55. The van der Waals surface area contributed by atoms with Crippen LogP contribution in [0.3, 0.4) is 0 Å². The van der Waals surface area contributed by atoms with E-state index >= 15 is 0 Å². The zero-order valence-electron chi connectivity index (χ0n) is 15.4. The Hall–Kier alpha value is -3.55. The van der Waals surface area contributed by atoms with Gasteiger partial charge in [0.15, 0.2) is 0 Å². The Morgan fingerprint density at radius 1 is 1.21 bits per heavy atom. The SMILES string of the molecule is C=CCn1c(C(=O)Nc2cccc(C(F)(F)F)c2)cc2cc(OC)ccc2c1=O. The molecule has 0 spiro atoms. The largest absolute Gasteiger partial charge is 0.497 e. The summed E-state index contributed by atoms with van der Waals surface area (Å²) in [4.78, 5) is 25.6. The van der Waals surface area contributed by atoms with Gasteiger partial charge in [0.05, 0.1) is 12.7 Å². The zero-order valence-corrected chi connectivity index (χ0v) is 15.4. The number of aromatic nitrogens is 1. The summed E-state index contributed by atoms with van der Waals surface area (Å²) in [5.74, 6) is -0.212. The van der Waals surface area contributed by atoms with Gasteiger partial charge in [-0.3, -0.25) is 14.2 Å². The molecule has 3 aromatic rings. The first kappa shape index (κ1) is 20.2. The molecule has 0 bridgehead atoms. The van der Waals surface area contributed by atoms with Gasteiger partial charge in [0.25, 0.3) is 11.5 Å². The average Bonchev–Trinajstić information content (AvgIpc) is 2.69. The topological polar surface area (TPSA) is 60.3 Å². The highest BCUT2D eigenvalue weighted by Crippen LogP contribution is 2.30. The monoisotopic (exact) mass is 402 g/mol. The lowest BCUT2D eigenvalue weighted by molar-refractivity contribution is -0.137. The number of benzene rings is 2. The minimum atomic E-state index is -4.54. The van der Waals surface area contributed by atoms with Crippen LogP contribution >= 0.6 is 0 Å². The number of allylic oxidation sites excluding steroid dienone is 1. The quantitative estimate of drug-likeness (QED) is 0.641. The number of ether oxygens (including phenoxy) is 1. The van der Waals surface area contributed by atoms with Gasteiger partial charge < -0.3 is 10.1 Å². The fraction of sp³-hybridized carbons (Fsp3) is 0.143. The summed E-state index contributed by atoms with van der Waals surface area (Å²) in [6.45, 7) is 3.65. The lowest BCUT2D eigenvalue weighted by atomic mass is 10.1. The number of carbonyl (C=O) groups is 1. The number of rotatable bonds is 5. The van der Waals surface area contributed by atoms with Gasteiger partial charge in [0.1, 0.15) is 11.4 Å². The number of halogens is 3. The third kappa shape index (κ3) is 4.16. The molecular weight excluding hydrogens is 385 g/mol. The third-order valence-corrected chi connectivity index (χ3v) is 4.31. The summed E-state index contributed by atoms with van der Waals surface area (Å²) in [7, 11) is 1.47. The van der Waals surface area contributed by atoms with Gasteiger partial charge in [0, 0.05) is 17.6 Å². The summed E-state index contributed by atoms with van der Waals surface area (Å²) >= 11 is 0. The van der Waals surface area contributed by atoms with Gasteiger partial charge in [-0.15, -0.1) is 6.58 Å². The van der Waals surface area contributed by atoms with Gasteiger partial charge in [-0.2, -0.15) is 13.2 Å². The molecular formula is C21H17F3N2O3. The molecule has 1 amide bonds. The maximum absolute atomic E-state index is 12.9. The van der Waals surface area contributed by atoms with Crippen molar-refractivity contribution in [3.63, 3.8) is 0 Å². The Bertz CT molecular complexity index is 1150. The molecule has 2 aromatic carbocycles. The van der Waals surface area contributed by atoms with E-state index in [1.54, 1.807) is 18.2 Å². The van der Waals surface area contributed by atoms with E-state index in [1.807, 2.05) is 0 Å². The fourth-order valence-corrected chi connectivity index (χ4v) is 2.93. The molecule has 0 aliphatic carbocycles. The zero-order chi connectivity index (χ0) is 21.2. The van der Waals surface area contributed by atoms with Crippen LogP contribution in [0, 0.1) is 0 Å². The number of methoxy groups -OCH3 is 1. The highest BCUT2D eigenvalue weighted by atomic mass is 19.4. The number of nitrogens with zero attached hydrogens (tertiary/aromatic N) is 1. The summed E-state index contributed by atoms with van der Waals surface area (Å²) in [6.07, 6.45) is -3.08. The minimum Gasteiger partial charge on any atom is -0.497 e. The second-order valence-electron chi connectivity index (χ2n) is 6.22. The van der Waals surface area contributed by atoms with Gasteiger partial charge in [-0.05, 0) is 47.9 Å². The minimum absolute atomic E-state index is 0.00642. The molecule has 1 N–H and O–H groups in total. The van der Waals surface area contributed by atoms with Gasteiger partial charge >= 0.3 is 6.18 Å². The molecule has 0 aliphatic rings. The van der Waals surface area contributed by atoms with E-state index < -0.39 is 23.2 Å². The van der Waals surface area contributed by atoms with Crippen LogP contribution in [0.25, 0.3) is 10.8 Å². The molecule has 150 valence electrons. The van der Waals surface area contributed by atoms with Crippen molar-refractivity contribution in [1.29, 1.82) is 0 Å². The van der Waals surface area contributed by atoms with Gasteiger partial charge in [0.2, 0.25) is 0 Å². The number of amides is 1. The van der Waals surface area contributed by atoms with Gasteiger partial charge in [-0.1, -0.05) is 12.1 Å². The van der Waals surface area contributed by atoms with E-state index in [4.69, 9.17) is 4.74 Å². The molecule has 5 nitrogen and oxygen atoms in total. The van der Waals surface area contributed by atoms with Crippen molar-refractivity contribution in [2.75, 3.05) is 12.4 Å². The maximum Gasteiger partial charge on any atom is 0.416 e. The number of carbonyl (C=O) groups excluding carboxylic acids is 1. The first-order valence-corrected chi connectivity index (χ1v) is 8.55. The highest BCUT2D eigenvalue weighted by molar-refractivity contribution is 6.05. The van der Waals surface area contributed by atoms with Crippen LogP contribution in [0.15, 0.2) is 66.0 Å². The molecule has 0 fully saturated rings. The van der Waals surface area contributed by atoms with Crippen LogP contribution in [-0.4, -0.2) is 17.6 Å². The molecule has 0 atom stereocenters. The Kier molecular flexibility index (Phi) is 5.45. The van der Waals surface area contributed by atoms with Crippen molar-refractivity contribution in [3.05, 3.63) is 82.8 Å². The maximum atomic E-state index is 12.9. The lowest BCUT2D eigenvalue weighted by Gasteiger charge is -2.14. The van der Waals surface area contributed by atoms with E-state index in [9.17, 15) is 22.8 Å². The Morgan fingerprint density at radius 2 is 1.97 bits per heavy atom. The Balaban J connectivity index is 2.07. The van der Waals surface area contributed by atoms with Crippen molar-refractivity contribution in [2.24, 2.45) is 0 Å². The van der Waals surface area contributed by atoms with Gasteiger partial charge in [-0.25, -0.2) is 0 Å². The lowest BCUT2D eigenvalue weighted by Crippen LogP contribution is -2.28. The standard InChI is InChI=1S/C21H17F3N2O3/c1-3-9-26-18(11-13-10-16(29-2)7-8-17(13)20(26)28)19(27)25-15-6-4-5-14(12-15)21(22,23)24/h3-8,10-12H,1,9H2,2H3,(H,25,27). The van der Waals surface area contributed by atoms with Crippen LogP contribution in [-0.2, 0) is 12.7 Å². The molecule has 0 saturated carbocycles. The highest BCUT2D eigenvalue weighted by Gasteiger charge is 2.30. The van der Waals surface area contributed by atoms with Crippen LogP contribution in [0.2, 0.25) is 0 Å². The van der Waals surface area contributed by atoms with Crippen molar-refractivity contribution in [1.82, 2.24) is 4.57 Å². The molecule has 8 heteroatoms. The first-order chi connectivity index (χ1) is 13.7. The molecule has 3 rings (SSSR count). The van der Waals surface area contributed by atoms with E-state index in [1.165, 1.54) is 36.0 Å². The number of fused-ring (bicyclic) bond motifs is 1. The number of pyridine rings is 1. The molecule has 0 unspecified atom stereocenters. The smallest absolute Gasteiger partial charge is 0.416 e. The molecule has 1 heterocycles. The predicted octanol–water partition coefficient (Wildman–Crippen LogP) is 4.47.